The van der Waals surface area contributed by atoms with E-state index in [2.05, 4.69) is 6.58 Å². The minimum Gasteiger partial charge on any atom is -0.458 e. The van der Waals surface area contributed by atoms with Crippen LogP contribution < -0.4 is 0 Å². The summed E-state index contributed by atoms with van der Waals surface area (Å²) in [7, 11) is 0. The van der Waals surface area contributed by atoms with Crippen molar-refractivity contribution in [2.24, 2.45) is 0 Å². The molecular weight excluding hydrogens is 192 g/mol. The fraction of sp³-hybridized carbons (Fsp3) is 0.417. The second-order valence-electron chi connectivity index (χ2n) is 2.86. The smallest absolute Gasteiger partial charge is 0.336 e. The van der Waals surface area contributed by atoms with E-state index in [9.17, 15) is 4.79 Å². The van der Waals surface area contributed by atoms with Gasteiger partial charge in [-0.05, 0) is 13.8 Å². The predicted octanol–water partition coefficient (Wildman–Crippen LogP) is 2.25. The number of allylic oxidation sites excluding steroid dienone is 2. The molecule has 0 atom stereocenters. The Kier molecular flexibility index (Phi) is 8.39. The second-order valence-corrected chi connectivity index (χ2v) is 2.86. The summed E-state index contributed by atoms with van der Waals surface area (Å²) in [6.07, 6.45) is 7.32. The van der Waals surface area contributed by atoms with Crippen molar-refractivity contribution in [3.63, 3.8) is 0 Å². The minimum atomic E-state index is -0.409. The summed E-state index contributed by atoms with van der Waals surface area (Å²) in [5.74, 6) is -0.409. The van der Waals surface area contributed by atoms with Crippen LogP contribution in [0.25, 0.3) is 0 Å². The van der Waals surface area contributed by atoms with Gasteiger partial charge < -0.3 is 9.47 Å². The van der Waals surface area contributed by atoms with E-state index in [4.69, 9.17) is 9.47 Å². The molecule has 0 aromatic rings. The van der Waals surface area contributed by atoms with Crippen molar-refractivity contribution in [1.82, 2.24) is 0 Å². The Morgan fingerprint density at radius 2 is 1.80 bits per heavy atom. The summed E-state index contributed by atoms with van der Waals surface area (Å²) in [5, 5.41) is 0. The highest BCUT2D eigenvalue weighted by molar-refractivity contribution is 5.88. The van der Waals surface area contributed by atoms with Gasteiger partial charge >= 0.3 is 5.97 Å². The predicted molar refractivity (Wildman–Crippen MR) is 60.5 cm³/mol. The molecule has 84 valence electrons. The Bertz CT molecular complexity index is 252. The molecule has 0 aliphatic heterocycles. The molecule has 0 radical (unpaired) electrons. The fourth-order valence-corrected chi connectivity index (χ4v) is 0.727. The summed E-state index contributed by atoms with van der Waals surface area (Å²) >= 11 is 0. The van der Waals surface area contributed by atoms with Gasteiger partial charge in [-0.1, -0.05) is 30.9 Å². The standard InChI is InChI=1S/C12H18O3/c1-4-6-8-14-10-11(3)12(13)15-9-7-5-2/h4-7H,3,8-10H2,1-2H3. The van der Waals surface area contributed by atoms with Crippen LogP contribution in [0.3, 0.4) is 0 Å². The molecule has 0 saturated carbocycles. The fourth-order valence-electron chi connectivity index (χ4n) is 0.727. The Morgan fingerprint density at radius 1 is 1.20 bits per heavy atom. The van der Waals surface area contributed by atoms with Crippen molar-refractivity contribution in [3.8, 4) is 0 Å². The van der Waals surface area contributed by atoms with E-state index in [0.29, 0.717) is 12.2 Å². The monoisotopic (exact) mass is 210 g/mol. The lowest BCUT2D eigenvalue weighted by atomic mass is 10.3. The van der Waals surface area contributed by atoms with Crippen molar-refractivity contribution in [2.75, 3.05) is 19.8 Å². The molecule has 0 N–H and O–H groups in total. The first-order chi connectivity index (χ1) is 7.22. The SMILES string of the molecule is C=C(COCC=CC)C(=O)OCC=CC. The van der Waals surface area contributed by atoms with Crippen LogP contribution in [-0.2, 0) is 14.3 Å². The molecule has 0 spiro atoms. The van der Waals surface area contributed by atoms with Crippen LogP contribution in [0.2, 0.25) is 0 Å². The first-order valence-electron chi connectivity index (χ1n) is 4.87. The topological polar surface area (TPSA) is 35.5 Å². The van der Waals surface area contributed by atoms with E-state index < -0.39 is 5.97 Å². The van der Waals surface area contributed by atoms with Crippen LogP contribution in [0.15, 0.2) is 36.5 Å². The zero-order valence-electron chi connectivity index (χ0n) is 9.36. The molecule has 0 bridgehead atoms. The molecule has 15 heavy (non-hydrogen) atoms. The third kappa shape index (κ3) is 7.70. The van der Waals surface area contributed by atoms with Gasteiger partial charge in [0.25, 0.3) is 0 Å². The summed E-state index contributed by atoms with van der Waals surface area (Å²) in [6, 6.07) is 0. The van der Waals surface area contributed by atoms with Crippen molar-refractivity contribution >= 4 is 5.97 Å². The molecular formula is C12H18O3. The number of carbonyl (C=O) groups is 1. The van der Waals surface area contributed by atoms with Crippen LogP contribution in [0.1, 0.15) is 13.8 Å². The van der Waals surface area contributed by atoms with Gasteiger partial charge in [0.15, 0.2) is 0 Å². The molecule has 0 aromatic heterocycles. The average Bonchev–Trinajstić information content (AvgIpc) is 2.24. The van der Waals surface area contributed by atoms with Crippen LogP contribution in [0, 0.1) is 0 Å². The maximum Gasteiger partial charge on any atom is 0.336 e. The summed E-state index contributed by atoms with van der Waals surface area (Å²) in [4.78, 5) is 11.2. The third-order valence-electron chi connectivity index (χ3n) is 1.56. The number of ether oxygens (including phenoxy) is 2. The van der Waals surface area contributed by atoms with Crippen LogP contribution in [0.4, 0.5) is 0 Å². The zero-order chi connectivity index (χ0) is 11.5. The van der Waals surface area contributed by atoms with E-state index >= 15 is 0 Å². The lowest BCUT2D eigenvalue weighted by Gasteiger charge is -2.04. The van der Waals surface area contributed by atoms with Gasteiger partial charge in [0.2, 0.25) is 0 Å². The van der Waals surface area contributed by atoms with Crippen molar-refractivity contribution in [1.29, 1.82) is 0 Å². The van der Waals surface area contributed by atoms with Gasteiger partial charge in [-0.15, -0.1) is 0 Å². The lowest BCUT2D eigenvalue weighted by molar-refractivity contribution is -0.138. The maximum absolute atomic E-state index is 11.2. The quantitative estimate of drug-likeness (QED) is 0.280. The summed E-state index contributed by atoms with van der Waals surface area (Å²) in [5.41, 5.74) is 0.337. The maximum atomic E-state index is 11.2. The summed E-state index contributed by atoms with van der Waals surface area (Å²) in [6.45, 7) is 8.33. The van der Waals surface area contributed by atoms with Gasteiger partial charge in [-0.2, -0.15) is 0 Å². The number of rotatable bonds is 7. The first kappa shape index (κ1) is 13.7. The highest BCUT2D eigenvalue weighted by atomic mass is 16.5. The molecule has 0 heterocycles. The number of hydrogen-bond donors (Lipinski definition) is 0. The van der Waals surface area contributed by atoms with E-state index in [0.717, 1.165) is 0 Å². The zero-order valence-corrected chi connectivity index (χ0v) is 9.36. The first-order valence-corrected chi connectivity index (χ1v) is 4.87. The van der Waals surface area contributed by atoms with Crippen LogP contribution in [-0.4, -0.2) is 25.8 Å². The lowest BCUT2D eigenvalue weighted by Crippen LogP contribution is -2.12. The number of carbonyl (C=O) groups excluding carboxylic acids is 1. The van der Waals surface area contributed by atoms with Crippen molar-refractivity contribution < 1.29 is 14.3 Å². The van der Waals surface area contributed by atoms with Crippen molar-refractivity contribution in [3.05, 3.63) is 36.5 Å². The highest BCUT2D eigenvalue weighted by Gasteiger charge is 2.06. The molecule has 3 nitrogen and oxygen atoms in total. The van der Waals surface area contributed by atoms with Crippen LogP contribution in [0.5, 0.6) is 0 Å². The van der Waals surface area contributed by atoms with Crippen LogP contribution >= 0.6 is 0 Å². The molecule has 0 aromatic carbocycles. The molecule has 0 rings (SSSR count). The molecule has 0 amide bonds. The van der Waals surface area contributed by atoms with Crippen molar-refractivity contribution in [2.45, 2.75) is 13.8 Å². The Morgan fingerprint density at radius 3 is 2.40 bits per heavy atom. The molecule has 0 aliphatic carbocycles. The second kappa shape index (κ2) is 9.21. The van der Waals surface area contributed by atoms with E-state index in [1.54, 1.807) is 6.08 Å². The molecule has 0 fully saturated rings. The number of hydrogen-bond acceptors (Lipinski definition) is 3. The average molecular weight is 210 g/mol. The Hall–Kier alpha value is -1.35. The number of esters is 1. The summed E-state index contributed by atoms with van der Waals surface area (Å²) < 4.78 is 10.0. The van der Waals surface area contributed by atoms with Gasteiger partial charge in [0.05, 0.1) is 18.8 Å². The largest absolute Gasteiger partial charge is 0.458 e. The van der Waals surface area contributed by atoms with Gasteiger partial charge in [-0.25, -0.2) is 4.79 Å². The van der Waals surface area contributed by atoms with E-state index in [1.807, 2.05) is 32.1 Å². The van der Waals surface area contributed by atoms with Gasteiger partial charge in [-0.3, -0.25) is 0 Å². The Labute approximate surface area is 91.1 Å². The van der Waals surface area contributed by atoms with E-state index in [-0.39, 0.29) is 13.2 Å². The highest BCUT2D eigenvalue weighted by Crippen LogP contribution is 1.96. The minimum absolute atomic E-state index is 0.207. The van der Waals surface area contributed by atoms with E-state index in [1.165, 1.54) is 0 Å². The molecule has 0 unspecified atom stereocenters. The molecule has 0 saturated heterocycles. The van der Waals surface area contributed by atoms with Gasteiger partial charge in [0.1, 0.15) is 6.61 Å². The molecule has 0 aliphatic rings. The third-order valence-corrected chi connectivity index (χ3v) is 1.56. The van der Waals surface area contributed by atoms with Gasteiger partial charge in [0, 0.05) is 0 Å². The molecule has 3 heteroatoms. The normalized spacial score (nSPS) is 11.1. The Balaban J connectivity index is 3.65.